The number of hydrogen-bond donors (Lipinski definition) is 1. The summed E-state index contributed by atoms with van der Waals surface area (Å²) in [7, 11) is -3.46. The van der Waals surface area contributed by atoms with Crippen molar-refractivity contribution in [3.8, 4) is 0 Å². The number of halogens is 1. The normalized spacial score (nSPS) is 17.2. The topological polar surface area (TPSA) is 55.4 Å². The summed E-state index contributed by atoms with van der Waals surface area (Å²) in [5, 5.41) is 1.00. The van der Waals surface area contributed by atoms with E-state index in [4.69, 9.17) is 16.3 Å². The minimum atomic E-state index is -3.46. The highest BCUT2D eigenvalue weighted by molar-refractivity contribution is 8.00. The summed E-state index contributed by atoms with van der Waals surface area (Å²) < 4.78 is 32.0. The number of hydrogen-bond acceptors (Lipinski definition) is 4. The molecule has 1 heterocycles. The van der Waals surface area contributed by atoms with Crippen LogP contribution in [0.25, 0.3) is 0 Å². The van der Waals surface area contributed by atoms with Gasteiger partial charge in [-0.25, -0.2) is 13.1 Å². The van der Waals surface area contributed by atoms with Crippen molar-refractivity contribution < 1.29 is 13.2 Å². The summed E-state index contributed by atoms with van der Waals surface area (Å²) in [5.41, 5.74) is 0. The van der Waals surface area contributed by atoms with Gasteiger partial charge >= 0.3 is 0 Å². The van der Waals surface area contributed by atoms with Crippen molar-refractivity contribution in [1.29, 1.82) is 0 Å². The number of nitrogens with one attached hydrogen (secondary N) is 1. The Balaban J connectivity index is 1.78. The van der Waals surface area contributed by atoms with Gasteiger partial charge in [0.05, 0.1) is 4.90 Å². The van der Waals surface area contributed by atoms with Gasteiger partial charge in [-0.05, 0) is 31.0 Å². The summed E-state index contributed by atoms with van der Waals surface area (Å²) in [6.07, 6.45) is 2.09. The molecule has 0 aromatic heterocycles. The minimum absolute atomic E-state index is 0.209. The molecule has 1 aliphatic heterocycles. The quantitative estimate of drug-likeness (QED) is 0.812. The predicted octanol–water partition coefficient (Wildman–Crippen LogP) is 2.53. The fourth-order valence-corrected chi connectivity index (χ4v) is 4.50. The highest BCUT2D eigenvalue weighted by Gasteiger charge is 2.16. The van der Waals surface area contributed by atoms with Crippen LogP contribution in [0.3, 0.4) is 0 Å². The molecule has 0 spiro atoms. The van der Waals surface area contributed by atoms with Crippen LogP contribution in [0.15, 0.2) is 29.2 Å². The first kappa shape index (κ1) is 16.1. The number of ether oxygens (including phenoxy) is 1. The molecular weight excluding hydrogens is 318 g/mol. The van der Waals surface area contributed by atoms with Crippen LogP contribution in [0.5, 0.6) is 0 Å². The summed E-state index contributed by atoms with van der Waals surface area (Å²) >= 11 is 7.61. The standard InChI is InChI=1S/C13H18ClNO3S2/c14-11-2-1-3-13(10-11)20(16,17)15-6-9-19-12-4-7-18-8-5-12/h1-3,10,12,15H,4-9H2. The van der Waals surface area contributed by atoms with Crippen LogP contribution in [0.4, 0.5) is 0 Å². The molecule has 0 amide bonds. The van der Waals surface area contributed by atoms with Gasteiger partial charge < -0.3 is 4.74 Å². The third kappa shape index (κ3) is 4.93. The van der Waals surface area contributed by atoms with Crippen molar-refractivity contribution in [2.45, 2.75) is 23.0 Å². The minimum Gasteiger partial charge on any atom is -0.381 e. The van der Waals surface area contributed by atoms with E-state index in [9.17, 15) is 8.42 Å². The molecule has 1 aliphatic rings. The molecule has 1 aromatic rings. The number of thioether (sulfide) groups is 1. The zero-order valence-electron chi connectivity index (χ0n) is 11.0. The number of sulfonamides is 1. The first-order valence-electron chi connectivity index (χ1n) is 6.52. The van der Waals surface area contributed by atoms with Crippen molar-refractivity contribution in [2.24, 2.45) is 0 Å². The van der Waals surface area contributed by atoms with Gasteiger partial charge in [-0.2, -0.15) is 11.8 Å². The van der Waals surface area contributed by atoms with Crippen LogP contribution in [0.2, 0.25) is 5.02 Å². The molecule has 7 heteroatoms. The van der Waals surface area contributed by atoms with E-state index in [1.54, 1.807) is 30.0 Å². The predicted molar refractivity (Wildman–Crippen MR) is 82.9 cm³/mol. The van der Waals surface area contributed by atoms with Crippen LogP contribution in [0.1, 0.15) is 12.8 Å². The summed E-state index contributed by atoms with van der Waals surface area (Å²) in [4.78, 5) is 0.209. The Labute approximate surface area is 129 Å². The van der Waals surface area contributed by atoms with Gasteiger partial charge in [-0.15, -0.1) is 0 Å². The van der Waals surface area contributed by atoms with Crippen LogP contribution in [-0.2, 0) is 14.8 Å². The van der Waals surface area contributed by atoms with Crippen molar-refractivity contribution in [2.75, 3.05) is 25.5 Å². The maximum absolute atomic E-state index is 12.0. The van der Waals surface area contributed by atoms with Crippen LogP contribution in [-0.4, -0.2) is 39.2 Å². The van der Waals surface area contributed by atoms with Crippen LogP contribution in [0, 0.1) is 0 Å². The SMILES string of the molecule is O=S(=O)(NCCSC1CCOCC1)c1cccc(Cl)c1. The third-order valence-electron chi connectivity index (χ3n) is 3.02. The molecule has 0 saturated carbocycles. The van der Waals surface area contributed by atoms with E-state index in [0.717, 1.165) is 31.8 Å². The second-order valence-electron chi connectivity index (χ2n) is 4.54. The van der Waals surface area contributed by atoms with Crippen LogP contribution < -0.4 is 4.72 Å². The molecule has 0 unspecified atom stereocenters. The monoisotopic (exact) mass is 335 g/mol. The first-order chi connectivity index (χ1) is 9.58. The highest BCUT2D eigenvalue weighted by Crippen LogP contribution is 2.21. The Morgan fingerprint density at radius 1 is 1.35 bits per heavy atom. The average Bonchev–Trinajstić information content (AvgIpc) is 2.45. The van der Waals surface area contributed by atoms with E-state index in [2.05, 4.69) is 4.72 Å². The molecule has 20 heavy (non-hydrogen) atoms. The van der Waals surface area contributed by atoms with Gasteiger partial charge in [-0.1, -0.05) is 17.7 Å². The lowest BCUT2D eigenvalue weighted by Crippen LogP contribution is -2.27. The molecule has 112 valence electrons. The maximum atomic E-state index is 12.0. The highest BCUT2D eigenvalue weighted by atomic mass is 35.5. The van der Waals surface area contributed by atoms with Gasteiger partial charge in [0.15, 0.2) is 0 Å². The van der Waals surface area contributed by atoms with Gasteiger partial charge in [-0.3, -0.25) is 0 Å². The van der Waals surface area contributed by atoms with E-state index >= 15 is 0 Å². The second-order valence-corrected chi connectivity index (χ2v) is 8.15. The van der Waals surface area contributed by atoms with E-state index in [1.165, 1.54) is 6.07 Å². The van der Waals surface area contributed by atoms with Crippen LogP contribution >= 0.6 is 23.4 Å². The Bertz CT molecular complexity index is 530. The first-order valence-corrected chi connectivity index (χ1v) is 9.43. The Hall–Kier alpha value is -0.270. The maximum Gasteiger partial charge on any atom is 0.240 e. The van der Waals surface area contributed by atoms with E-state index < -0.39 is 10.0 Å². The molecule has 1 N–H and O–H groups in total. The van der Waals surface area contributed by atoms with Gasteiger partial charge in [0.1, 0.15) is 0 Å². The largest absolute Gasteiger partial charge is 0.381 e. The lowest BCUT2D eigenvalue weighted by atomic mass is 10.2. The fraction of sp³-hybridized carbons (Fsp3) is 0.538. The van der Waals surface area contributed by atoms with E-state index in [0.29, 0.717) is 16.8 Å². The molecule has 0 atom stereocenters. The molecule has 1 aromatic carbocycles. The molecular formula is C13H18ClNO3S2. The van der Waals surface area contributed by atoms with E-state index in [1.807, 2.05) is 0 Å². The zero-order valence-corrected chi connectivity index (χ0v) is 13.4. The lowest BCUT2D eigenvalue weighted by Gasteiger charge is -2.21. The summed E-state index contributed by atoms with van der Waals surface area (Å²) in [6, 6.07) is 6.28. The van der Waals surface area contributed by atoms with Gasteiger partial charge in [0.2, 0.25) is 10.0 Å². The Morgan fingerprint density at radius 3 is 2.80 bits per heavy atom. The van der Waals surface area contributed by atoms with Crippen molar-refractivity contribution in [1.82, 2.24) is 4.72 Å². The lowest BCUT2D eigenvalue weighted by molar-refractivity contribution is 0.100. The van der Waals surface area contributed by atoms with Crippen molar-refractivity contribution in [3.63, 3.8) is 0 Å². The van der Waals surface area contributed by atoms with Crippen molar-refractivity contribution in [3.05, 3.63) is 29.3 Å². The Morgan fingerprint density at radius 2 is 2.10 bits per heavy atom. The average molecular weight is 336 g/mol. The molecule has 4 nitrogen and oxygen atoms in total. The summed E-state index contributed by atoms with van der Waals surface area (Å²) in [5.74, 6) is 0.768. The van der Waals surface area contributed by atoms with E-state index in [-0.39, 0.29) is 4.90 Å². The molecule has 2 rings (SSSR count). The molecule has 1 fully saturated rings. The van der Waals surface area contributed by atoms with Gasteiger partial charge in [0.25, 0.3) is 0 Å². The molecule has 0 aliphatic carbocycles. The second kappa shape index (κ2) is 7.66. The zero-order chi connectivity index (χ0) is 14.4. The third-order valence-corrected chi connectivity index (χ3v) is 6.10. The van der Waals surface area contributed by atoms with Crippen molar-refractivity contribution >= 4 is 33.4 Å². The molecule has 0 radical (unpaired) electrons. The smallest absolute Gasteiger partial charge is 0.240 e. The fourth-order valence-electron chi connectivity index (χ4n) is 1.96. The Kier molecular flexibility index (Phi) is 6.17. The van der Waals surface area contributed by atoms with Gasteiger partial charge in [0, 0.05) is 35.8 Å². The number of rotatable bonds is 6. The summed E-state index contributed by atoms with van der Waals surface area (Å²) in [6.45, 7) is 2.05. The molecule has 0 bridgehead atoms. The number of benzene rings is 1. The molecule has 1 saturated heterocycles.